The largest absolute Gasteiger partial charge is 0.348 e. The fraction of sp³-hybridized carbons (Fsp3) is 0.538. The first kappa shape index (κ1) is 14.3. The summed E-state index contributed by atoms with van der Waals surface area (Å²) in [7, 11) is 0. The van der Waals surface area contributed by atoms with Gasteiger partial charge in [0.2, 0.25) is 0 Å². The molecule has 0 spiro atoms. The van der Waals surface area contributed by atoms with Gasteiger partial charge in [0.1, 0.15) is 5.15 Å². The van der Waals surface area contributed by atoms with Crippen molar-refractivity contribution in [1.29, 1.82) is 0 Å². The van der Waals surface area contributed by atoms with Crippen molar-refractivity contribution in [2.75, 3.05) is 19.8 Å². The van der Waals surface area contributed by atoms with Crippen LogP contribution in [0.15, 0.2) is 16.7 Å². The Kier molecular flexibility index (Phi) is 4.26. The van der Waals surface area contributed by atoms with Crippen LogP contribution in [0.5, 0.6) is 0 Å². The van der Waals surface area contributed by atoms with Crippen molar-refractivity contribution in [1.82, 2.24) is 9.88 Å². The molecular weight excluding hydrogens is 348 g/mol. The van der Waals surface area contributed by atoms with Crippen LogP contribution >= 0.6 is 27.5 Å². The van der Waals surface area contributed by atoms with Gasteiger partial charge < -0.3 is 14.4 Å². The van der Waals surface area contributed by atoms with E-state index in [0.29, 0.717) is 25.3 Å². The highest BCUT2D eigenvalue weighted by atomic mass is 79.9. The van der Waals surface area contributed by atoms with Crippen molar-refractivity contribution in [3.8, 4) is 0 Å². The smallest absolute Gasteiger partial charge is 0.257 e. The van der Waals surface area contributed by atoms with Crippen molar-refractivity contribution < 1.29 is 14.3 Å². The molecule has 0 radical (unpaired) electrons. The van der Waals surface area contributed by atoms with Gasteiger partial charge in [-0.1, -0.05) is 11.6 Å². The van der Waals surface area contributed by atoms with Crippen molar-refractivity contribution >= 4 is 33.4 Å². The summed E-state index contributed by atoms with van der Waals surface area (Å²) in [5.74, 6) is -0.120. The van der Waals surface area contributed by atoms with Crippen LogP contribution in [0, 0.1) is 0 Å². The average Bonchev–Trinajstić information content (AvgIpc) is 3.15. The Hall–Kier alpha value is -0.690. The number of rotatable bonds is 4. The molecule has 2 heterocycles. The molecule has 7 heteroatoms. The van der Waals surface area contributed by atoms with Crippen LogP contribution in [-0.2, 0) is 9.47 Å². The molecular formula is C13H14BrClN2O3. The molecule has 0 aromatic carbocycles. The van der Waals surface area contributed by atoms with Crippen molar-refractivity contribution in [2.45, 2.75) is 25.2 Å². The number of hydrogen-bond donors (Lipinski definition) is 0. The molecule has 1 aromatic rings. The molecule has 1 saturated heterocycles. The number of aromatic nitrogens is 1. The molecule has 1 aliphatic heterocycles. The van der Waals surface area contributed by atoms with Gasteiger partial charge >= 0.3 is 0 Å². The zero-order chi connectivity index (χ0) is 14.1. The van der Waals surface area contributed by atoms with Crippen LogP contribution in [-0.4, -0.2) is 47.9 Å². The maximum atomic E-state index is 12.7. The standard InChI is InChI=1S/C13H14BrClN2O3/c14-8-5-10(12(15)16-6-8)13(18)17(9-1-2-9)7-11-19-3-4-20-11/h5-6,9,11H,1-4,7H2. The molecule has 0 unspecified atom stereocenters. The fourth-order valence-corrected chi connectivity index (χ4v) is 2.70. The first-order valence-electron chi connectivity index (χ1n) is 6.50. The third-order valence-electron chi connectivity index (χ3n) is 3.32. The van der Waals surface area contributed by atoms with Crippen LogP contribution in [0.1, 0.15) is 23.2 Å². The van der Waals surface area contributed by atoms with Crippen LogP contribution in [0.3, 0.4) is 0 Å². The highest BCUT2D eigenvalue weighted by molar-refractivity contribution is 9.10. The minimum atomic E-state index is -0.335. The van der Waals surface area contributed by atoms with E-state index in [4.69, 9.17) is 21.1 Å². The Morgan fingerprint density at radius 1 is 1.45 bits per heavy atom. The first-order valence-corrected chi connectivity index (χ1v) is 7.67. The number of ether oxygens (including phenoxy) is 2. The molecule has 3 rings (SSSR count). The molecule has 0 atom stereocenters. The Bertz CT molecular complexity index is 518. The maximum absolute atomic E-state index is 12.7. The summed E-state index contributed by atoms with van der Waals surface area (Å²) >= 11 is 9.35. The molecule has 20 heavy (non-hydrogen) atoms. The van der Waals surface area contributed by atoms with Gasteiger partial charge in [-0.2, -0.15) is 0 Å². The summed E-state index contributed by atoms with van der Waals surface area (Å²) in [4.78, 5) is 18.4. The lowest BCUT2D eigenvalue weighted by molar-refractivity contribution is -0.0585. The molecule has 2 fully saturated rings. The van der Waals surface area contributed by atoms with E-state index in [-0.39, 0.29) is 23.4 Å². The normalized spacial score (nSPS) is 19.3. The number of hydrogen-bond acceptors (Lipinski definition) is 4. The van der Waals surface area contributed by atoms with E-state index in [9.17, 15) is 4.79 Å². The van der Waals surface area contributed by atoms with E-state index in [1.54, 1.807) is 17.2 Å². The van der Waals surface area contributed by atoms with E-state index in [1.807, 2.05) is 0 Å². The second kappa shape index (κ2) is 5.97. The first-order chi connectivity index (χ1) is 9.65. The minimum absolute atomic E-state index is 0.120. The van der Waals surface area contributed by atoms with Gasteiger partial charge in [0.25, 0.3) is 5.91 Å². The van der Waals surface area contributed by atoms with Gasteiger partial charge in [0.05, 0.1) is 25.3 Å². The highest BCUT2D eigenvalue weighted by Gasteiger charge is 2.36. The van der Waals surface area contributed by atoms with Crippen LogP contribution in [0.25, 0.3) is 0 Å². The lowest BCUT2D eigenvalue weighted by Crippen LogP contribution is -2.39. The van der Waals surface area contributed by atoms with Crippen LogP contribution in [0.4, 0.5) is 0 Å². The molecule has 1 aliphatic carbocycles. The Balaban J connectivity index is 1.79. The number of nitrogens with zero attached hydrogens (tertiary/aromatic N) is 2. The number of carbonyl (C=O) groups is 1. The van der Waals surface area contributed by atoms with Gasteiger partial charge in [-0.25, -0.2) is 4.98 Å². The summed E-state index contributed by atoms with van der Waals surface area (Å²) in [5, 5.41) is 0.220. The summed E-state index contributed by atoms with van der Waals surface area (Å²) < 4.78 is 11.6. The van der Waals surface area contributed by atoms with Crippen LogP contribution in [0.2, 0.25) is 5.15 Å². The van der Waals surface area contributed by atoms with E-state index >= 15 is 0 Å². The molecule has 1 aromatic heterocycles. The lowest BCUT2D eigenvalue weighted by Gasteiger charge is -2.25. The topological polar surface area (TPSA) is 51.7 Å². The number of halogens is 2. The number of amides is 1. The summed E-state index contributed by atoms with van der Waals surface area (Å²) in [6.45, 7) is 1.60. The molecule has 0 N–H and O–H groups in total. The minimum Gasteiger partial charge on any atom is -0.348 e. The lowest BCUT2D eigenvalue weighted by atomic mass is 10.2. The van der Waals surface area contributed by atoms with Gasteiger partial charge in [-0.3, -0.25) is 4.79 Å². The Morgan fingerprint density at radius 3 is 2.80 bits per heavy atom. The van der Waals surface area contributed by atoms with E-state index < -0.39 is 0 Å². The predicted molar refractivity (Wildman–Crippen MR) is 76.7 cm³/mol. The van der Waals surface area contributed by atoms with Crippen molar-refractivity contribution in [3.63, 3.8) is 0 Å². The fourth-order valence-electron chi connectivity index (χ4n) is 2.18. The van der Waals surface area contributed by atoms with E-state index in [0.717, 1.165) is 17.3 Å². The molecule has 2 aliphatic rings. The molecule has 1 saturated carbocycles. The summed E-state index contributed by atoms with van der Waals surface area (Å²) in [6.07, 6.45) is 3.26. The van der Waals surface area contributed by atoms with Crippen molar-refractivity contribution in [2.24, 2.45) is 0 Å². The van der Waals surface area contributed by atoms with E-state index in [1.165, 1.54) is 0 Å². The molecule has 1 amide bonds. The average molecular weight is 362 g/mol. The SMILES string of the molecule is O=C(c1cc(Br)cnc1Cl)N(CC1OCCO1)C1CC1. The summed E-state index contributed by atoms with van der Waals surface area (Å²) in [6, 6.07) is 1.95. The van der Waals surface area contributed by atoms with Crippen LogP contribution < -0.4 is 0 Å². The van der Waals surface area contributed by atoms with Crippen molar-refractivity contribution in [3.05, 3.63) is 27.5 Å². The van der Waals surface area contributed by atoms with Gasteiger partial charge in [-0.15, -0.1) is 0 Å². The summed E-state index contributed by atoms with van der Waals surface area (Å²) in [5.41, 5.74) is 0.408. The third kappa shape index (κ3) is 3.14. The zero-order valence-electron chi connectivity index (χ0n) is 10.7. The maximum Gasteiger partial charge on any atom is 0.257 e. The van der Waals surface area contributed by atoms with Gasteiger partial charge in [0.15, 0.2) is 6.29 Å². The molecule has 108 valence electrons. The number of pyridine rings is 1. The zero-order valence-corrected chi connectivity index (χ0v) is 13.1. The molecule has 5 nitrogen and oxygen atoms in total. The molecule has 0 bridgehead atoms. The quantitative estimate of drug-likeness (QED) is 0.773. The predicted octanol–water partition coefficient (Wildman–Crippen LogP) is 2.47. The second-order valence-electron chi connectivity index (χ2n) is 4.85. The van der Waals surface area contributed by atoms with E-state index in [2.05, 4.69) is 20.9 Å². The monoisotopic (exact) mass is 360 g/mol. The Morgan fingerprint density at radius 2 is 2.15 bits per heavy atom. The third-order valence-corrected chi connectivity index (χ3v) is 4.06. The highest BCUT2D eigenvalue weighted by Crippen LogP contribution is 2.30. The second-order valence-corrected chi connectivity index (χ2v) is 6.13. The Labute approximate surface area is 130 Å². The number of carbonyl (C=O) groups excluding carboxylic acids is 1. The van der Waals surface area contributed by atoms with Gasteiger partial charge in [0, 0.05) is 16.7 Å². The van der Waals surface area contributed by atoms with Gasteiger partial charge in [-0.05, 0) is 34.8 Å².